The van der Waals surface area contributed by atoms with E-state index in [0.717, 1.165) is 64.4 Å². The van der Waals surface area contributed by atoms with Crippen molar-refractivity contribution in [2.75, 3.05) is 48.3 Å². The van der Waals surface area contributed by atoms with E-state index in [-0.39, 0.29) is 48.9 Å². The van der Waals surface area contributed by atoms with Gasteiger partial charge < -0.3 is 45.7 Å². The molecule has 3 aliphatic carbocycles. The Hall–Kier alpha value is -0.473. The Bertz CT molecular complexity index is 929. The predicted molar refractivity (Wildman–Crippen MR) is 159 cm³/mol. The van der Waals surface area contributed by atoms with Gasteiger partial charge in [0.1, 0.15) is 5.41 Å². The minimum absolute atomic E-state index is 0. The molecule has 9 nitrogen and oxygen atoms in total. The Kier molecular flexibility index (Phi) is 12.7. The molecule has 0 aromatic carbocycles. The van der Waals surface area contributed by atoms with Crippen molar-refractivity contribution in [3.63, 3.8) is 0 Å². The summed E-state index contributed by atoms with van der Waals surface area (Å²) >= 11 is 0. The van der Waals surface area contributed by atoms with Gasteiger partial charge in [-0.15, -0.1) is 0 Å². The Morgan fingerprint density at radius 2 is 1.12 bits per heavy atom. The average Bonchev–Trinajstić information content (AvgIpc) is 3.74. The van der Waals surface area contributed by atoms with Crippen LogP contribution in [0.3, 0.4) is 0 Å². The molecule has 0 aromatic rings. The molecular formula is C33H57LiO9. The molecule has 0 radical (unpaired) electrons. The first-order valence-corrected chi connectivity index (χ1v) is 15.4. The first kappa shape index (κ1) is 38.7. The number of rotatable bonds is 6. The van der Waals surface area contributed by atoms with Gasteiger partial charge >= 0.3 is 24.8 Å². The van der Waals surface area contributed by atoms with Crippen LogP contribution >= 0.6 is 0 Å². The van der Waals surface area contributed by atoms with Crippen molar-refractivity contribution in [2.24, 2.45) is 16.2 Å². The summed E-state index contributed by atoms with van der Waals surface area (Å²) in [6.07, 6.45) is 11.7. The summed E-state index contributed by atoms with van der Waals surface area (Å²) < 4.78 is 38.6. The van der Waals surface area contributed by atoms with E-state index >= 15 is 0 Å². The van der Waals surface area contributed by atoms with Gasteiger partial charge in [-0.05, 0) is 78.6 Å². The molecule has 10 heteroatoms. The molecule has 6 rings (SSSR count). The fourth-order valence-corrected chi connectivity index (χ4v) is 9.36. The zero-order valence-electron chi connectivity index (χ0n) is 28.5. The van der Waals surface area contributed by atoms with Crippen LogP contribution in [-0.4, -0.2) is 82.3 Å². The summed E-state index contributed by atoms with van der Waals surface area (Å²) in [6, 6.07) is 0. The summed E-state index contributed by atoms with van der Waals surface area (Å²) in [4.78, 5) is 11.8. The summed E-state index contributed by atoms with van der Waals surface area (Å²) in [7, 11) is 6.48. The molecule has 3 aliphatic heterocycles. The summed E-state index contributed by atoms with van der Waals surface area (Å²) in [5.74, 6) is -1.75. The molecule has 3 saturated heterocycles. The van der Waals surface area contributed by atoms with Crippen LogP contribution in [0.25, 0.3) is 0 Å². The molecule has 0 amide bonds. The second-order valence-electron chi connectivity index (χ2n) is 13.3. The number of methoxy groups -OCH3 is 4. The van der Waals surface area contributed by atoms with Crippen molar-refractivity contribution < 1.29 is 61.9 Å². The van der Waals surface area contributed by atoms with Gasteiger partial charge in [0, 0.05) is 46.0 Å². The van der Waals surface area contributed by atoms with Gasteiger partial charge in [-0.25, -0.2) is 0 Å². The van der Waals surface area contributed by atoms with Crippen LogP contribution in [0.1, 0.15) is 97.8 Å². The van der Waals surface area contributed by atoms with Crippen molar-refractivity contribution in [3.05, 3.63) is 19.6 Å². The SMILES string of the molecule is C=C(C)[C@]12CCC[C@@]1(OC)OCC2.COC(=O)[C@]12CCC[C@@]1(OC)OCC2.CO[C@@]12CCC[C@]1(C(C)(C)O)CCO2.[CH3-].[Li+]. The molecule has 0 unspecified atom stereocenters. The Balaban J connectivity index is 0.000000220. The van der Waals surface area contributed by atoms with Crippen molar-refractivity contribution in [2.45, 2.75) is 121 Å². The van der Waals surface area contributed by atoms with E-state index in [1.54, 1.807) is 21.3 Å². The number of hydrogen-bond donors (Lipinski definition) is 1. The van der Waals surface area contributed by atoms with Gasteiger partial charge in [-0.3, -0.25) is 4.79 Å². The minimum atomic E-state index is -0.726. The van der Waals surface area contributed by atoms with Gasteiger partial charge in [-0.2, -0.15) is 0 Å². The summed E-state index contributed by atoms with van der Waals surface area (Å²) in [6.45, 7) is 12.1. The van der Waals surface area contributed by atoms with E-state index in [4.69, 9.17) is 33.2 Å². The van der Waals surface area contributed by atoms with Crippen LogP contribution in [0.5, 0.6) is 0 Å². The van der Waals surface area contributed by atoms with Crippen LogP contribution in [0, 0.1) is 23.7 Å². The molecule has 0 bridgehead atoms. The Labute approximate surface area is 272 Å². The van der Waals surface area contributed by atoms with Crippen LogP contribution in [-0.2, 0) is 38.0 Å². The fraction of sp³-hybridized carbons (Fsp3) is 0.879. The van der Waals surface area contributed by atoms with E-state index in [2.05, 4.69) is 13.5 Å². The molecule has 6 atom stereocenters. The van der Waals surface area contributed by atoms with Crippen molar-refractivity contribution in [3.8, 4) is 0 Å². The normalized spacial score (nSPS) is 40.5. The maximum absolute atomic E-state index is 11.8. The second-order valence-corrected chi connectivity index (χ2v) is 13.3. The monoisotopic (exact) mass is 604 g/mol. The van der Waals surface area contributed by atoms with Gasteiger partial charge in [0.25, 0.3) is 0 Å². The number of carbonyl (C=O) groups is 1. The van der Waals surface area contributed by atoms with Gasteiger partial charge in [0.2, 0.25) is 0 Å². The number of fused-ring (bicyclic) bond motifs is 3. The van der Waals surface area contributed by atoms with Crippen molar-refractivity contribution in [1.29, 1.82) is 0 Å². The molecule has 0 spiro atoms. The Morgan fingerprint density at radius 3 is 1.56 bits per heavy atom. The third kappa shape index (κ3) is 5.72. The molecule has 43 heavy (non-hydrogen) atoms. The largest absolute Gasteiger partial charge is 1.00 e. The minimum Gasteiger partial charge on any atom is -0.468 e. The maximum Gasteiger partial charge on any atom is 1.00 e. The van der Waals surface area contributed by atoms with Gasteiger partial charge in [0.05, 0.1) is 37.9 Å². The summed E-state index contributed by atoms with van der Waals surface area (Å²) in [5.41, 5.74) is -0.132. The molecule has 0 aromatic heterocycles. The number of aliphatic hydroxyl groups is 1. The predicted octanol–water partition coefficient (Wildman–Crippen LogP) is 2.73. The van der Waals surface area contributed by atoms with Gasteiger partial charge in [-0.1, -0.05) is 12.2 Å². The Morgan fingerprint density at radius 1 is 0.698 bits per heavy atom. The standard InChI is InChI=1S/C11H20O3.C11H18O2.C10H16O4.CH3.Li/c1-9(2,12)10-5-4-6-11(10,13-3)14-8-7-10;1-9(2)10-5-4-6-11(10,12-3)13-8-7-10;1-12-8(11)9-4-3-5-10(9,13-2)14-7-6-9;;/h12H,4-8H2,1-3H3;1,4-8H2,2-3H3;3-7H2,1-2H3;1H3;/q;;;-1;+1/t2*10-,11-;9-,10-;;/m111../s1. The zero-order valence-corrected chi connectivity index (χ0v) is 28.5. The van der Waals surface area contributed by atoms with Crippen LogP contribution in [0.2, 0.25) is 0 Å². The number of carbonyl (C=O) groups excluding carboxylic acids is 1. The van der Waals surface area contributed by atoms with E-state index in [0.29, 0.717) is 19.6 Å². The van der Waals surface area contributed by atoms with Crippen molar-refractivity contribution in [1.82, 2.24) is 0 Å². The quantitative estimate of drug-likeness (QED) is 0.212. The van der Waals surface area contributed by atoms with Crippen LogP contribution in [0.15, 0.2) is 12.2 Å². The fourth-order valence-electron chi connectivity index (χ4n) is 9.36. The molecule has 3 saturated carbocycles. The smallest absolute Gasteiger partial charge is 0.468 e. The van der Waals surface area contributed by atoms with E-state index in [9.17, 15) is 9.90 Å². The topological polar surface area (TPSA) is 102 Å². The summed E-state index contributed by atoms with van der Waals surface area (Å²) in [5, 5.41) is 10.3. The molecule has 244 valence electrons. The van der Waals surface area contributed by atoms with E-state index < -0.39 is 22.6 Å². The van der Waals surface area contributed by atoms with Crippen LogP contribution < -0.4 is 18.9 Å². The molecule has 1 N–H and O–H groups in total. The van der Waals surface area contributed by atoms with Crippen LogP contribution in [0.4, 0.5) is 0 Å². The average molecular weight is 605 g/mol. The first-order valence-electron chi connectivity index (χ1n) is 15.4. The molecule has 6 fully saturated rings. The number of ether oxygens (including phenoxy) is 7. The number of hydrogen-bond acceptors (Lipinski definition) is 9. The van der Waals surface area contributed by atoms with Gasteiger partial charge in [0.15, 0.2) is 17.4 Å². The second kappa shape index (κ2) is 14.1. The van der Waals surface area contributed by atoms with E-state index in [1.165, 1.54) is 25.5 Å². The van der Waals surface area contributed by atoms with Crippen molar-refractivity contribution >= 4 is 5.97 Å². The first-order chi connectivity index (χ1) is 19.3. The molecule has 3 heterocycles. The van der Waals surface area contributed by atoms with E-state index in [1.807, 2.05) is 13.8 Å². The number of esters is 1. The molecular weight excluding hydrogens is 547 g/mol. The third-order valence-electron chi connectivity index (χ3n) is 11.7. The zero-order chi connectivity index (χ0) is 30.2. The third-order valence-corrected chi connectivity index (χ3v) is 11.7. The maximum atomic E-state index is 11.8. The molecule has 6 aliphatic rings.